The number of rotatable bonds is 5. The van der Waals surface area contributed by atoms with Crippen LogP contribution in [0.4, 0.5) is 11.6 Å². The standard InChI is InChI=1S/C19H23N5O3/c1-3-27-18(26)14-6-4-5-7-15(14)21-19-20-9-8-16(22-19)17(25)24-12-10-23(2)11-13-24/h4-9H,3,10-13H2,1-2H3,(H,20,21,22). The van der Waals surface area contributed by atoms with Crippen LogP contribution in [-0.2, 0) is 4.74 Å². The molecule has 0 unspecified atom stereocenters. The molecule has 142 valence electrons. The molecule has 8 nitrogen and oxygen atoms in total. The van der Waals surface area contributed by atoms with Gasteiger partial charge in [0.1, 0.15) is 5.69 Å². The zero-order valence-corrected chi connectivity index (χ0v) is 15.5. The van der Waals surface area contributed by atoms with Gasteiger partial charge in [0, 0.05) is 32.4 Å². The van der Waals surface area contributed by atoms with Crippen molar-refractivity contribution in [3.05, 3.63) is 47.8 Å². The van der Waals surface area contributed by atoms with Crippen LogP contribution < -0.4 is 5.32 Å². The fourth-order valence-corrected chi connectivity index (χ4v) is 2.81. The third-order valence-corrected chi connectivity index (χ3v) is 4.33. The number of hydrogen-bond donors (Lipinski definition) is 1. The number of benzene rings is 1. The molecule has 1 amide bonds. The van der Waals surface area contributed by atoms with Crippen LogP contribution in [0.1, 0.15) is 27.8 Å². The van der Waals surface area contributed by atoms with Crippen LogP contribution in [0.3, 0.4) is 0 Å². The lowest BCUT2D eigenvalue weighted by atomic mass is 10.2. The molecule has 1 aromatic carbocycles. The minimum atomic E-state index is -0.426. The summed E-state index contributed by atoms with van der Waals surface area (Å²) in [7, 11) is 2.04. The zero-order valence-electron chi connectivity index (χ0n) is 15.5. The Kier molecular flexibility index (Phi) is 5.97. The second-order valence-corrected chi connectivity index (χ2v) is 6.25. The first kappa shape index (κ1) is 18.8. The van der Waals surface area contributed by atoms with Gasteiger partial charge in [-0.3, -0.25) is 4.79 Å². The van der Waals surface area contributed by atoms with E-state index in [4.69, 9.17) is 4.74 Å². The van der Waals surface area contributed by atoms with Crippen LogP contribution in [0.25, 0.3) is 0 Å². The third-order valence-electron chi connectivity index (χ3n) is 4.33. The molecular formula is C19H23N5O3. The molecule has 1 N–H and O–H groups in total. The highest BCUT2D eigenvalue weighted by atomic mass is 16.5. The van der Waals surface area contributed by atoms with E-state index in [9.17, 15) is 9.59 Å². The summed E-state index contributed by atoms with van der Waals surface area (Å²) in [6, 6.07) is 8.56. The molecule has 8 heteroatoms. The van der Waals surface area contributed by atoms with Gasteiger partial charge in [0.25, 0.3) is 5.91 Å². The van der Waals surface area contributed by atoms with E-state index in [1.807, 2.05) is 7.05 Å². The molecule has 1 fully saturated rings. The van der Waals surface area contributed by atoms with E-state index in [0.29, 0.717) is 36.6 Å². The van der Waals surface area contributed by atoms with Gasteiger partial charge in [0.2, 0.25) is 5.95 Å². The molecule has 1 saturated heterocycles. The van der Waals surface area contributed by atoms with Crippen LogP contribution >= 0.6 is 0 Å². The molecule has 3 rings (SSSR count). The molecule has 1 aliphatic heterocycles. The molecule has 1 aliphatic rings. The first-order valence-corrected chi connectivity index (χ1v) is 8.92. The largest absolute Gasteiger partial charge is 0.462 e. The maximum Gasteiger partial charge on any atom is 0.340 e. The Labute approximate surface area is 158 Å². The monoisotopic (exact) mass is 369 g/mol. The highest BCUT2D eigenvalue weighted by Crippen LogP contribution is 2.20. The van der Waals surface area contributed by atoms with Crippen LogP contribution in [0.2, 0.25) is 0 Å². The van der Waals surface area contributed by atoms with E-state index < -0.39 is 5.97 Å². The Morgan fingerprint density at radius 2 is 1.89 bits per heavy atom. The van der Waals surface area contributed by atoms with Crippen molar-refractivity contribution in [2.24, 2.45) is 0 Å². The fourth-order valence-electron chi connectivity index (χ4n) is 2.81. The highest BCUT2D eigenvalue weighted by Gasteiger charge is 2.22. The van der Waals surface area contributed by atoms with Crippen molar-refractivity contribution < 1.29 is 14.3 Å². The molecule has 2 aromatic rings. The van der Waals surface area contributed by atoms with E-state index >= 15 is 0 Å². The van der Waals surface area contributed by atoms with Gasteiger partial charge in [-0.05, 0) is 32.2 Å². The summed E-state index contributed by atoms with van der Waals surface area (Å²) >= 11 is 0. The number of amides is 1. The van der Waals surface area contributed by atoms with Crippen molar-refractivity contribution in [2.45, 2.75) is 6.92 Å². The van der Waals surface area contributed by atoms with E-state index in [-0.39, 0.29) is 11.9 Å². The predicted octanol–water partition coefficient (Wildman–Crippen LogP) is 1.78. The van der Waals surface area contributed by atoms with Crippen LogP contribution in [0.15, 0.2) is 36.5 Å². The van der Waals surface area contributed by atoms with Crippen LogP contribution in [-0.4, -0.2) is 71.5 Å². The Hall–Kier alpha value is -3.00. The van der Waals surface area contributed by atoms with Gasteiger partial charge in [-0.15, -0.1) is 0 Å². The molecule has 0 saturated carbocycles. The van der Waals surface area contributed by atoms with Gasteiger partial charge in [0.15, 0.2) is 0 Å². The Balaban J connectivity index is 1.77. The first-order chi connectivity index (χ1) is 13.1. The molecule has 2 heterocycles. The van der Waals surface area contributed by atoms with Gasteiger partial charge < -0.3 is 19.9 Å². The number of piperazine rings is 1. The number of likely N-dealkylation sites (N-methyl/N-ethyl adjacent to an activating group) is 1. The summed E-state index contributed by atoms with van der Waals surface area (Å²) in [6.45, 7) is 5.08. The minimum absolute atomic E-state index is 0.118. The third kappa shape index (κ3) is 4.59. The van der Waals surface area contributed by atoms with Gasteiger partial charge in [0.05, 0.1) is 17.9 Å². The van der Waals surface area contributed by atoms with Crippen molar-refractivity contribution in [1.82, 2.24) is 19.8 Å². The number of nitrogens with one attached hydrogen (secondary N) is 1. The molecule has 1 aromatic heterocycles. The van der Waals surface area contributed by atoms with Crippen molar-refractivity contribution in [2.75, 3.05) is 45.2 Å². The van der Waals surface area contributed by atoms with Crippen molar-refractivity contribution in [1.29, 1.82) is 0 Å². The van der Waals surface area contributed by atoms with E-state index in [1.54, 1.807) is 42.2 Å². The molecule has 0 atom stereocenters. The first-order valence-electron chi connectivity index (χ1n) is 8.92. The fraction of sp³-hybridized carbons (Fsp3) is 0.368. The smallest absolute Gasteiger partial charge is 0.340 e. The number of para-hydroxylation sites is 1. The summed E-state index contributed by atoms with van der Waals surface area (Å²) in [5.74, 6) is -0.288. The van der Waals surface area contributed by atoms with Gasteiger partial charge in [-0.2, -0.15) is 0 Å². The molecule has 0 bridgehead atoms. The second-order valence-electron chi connectivity index (χ2n) is 6.25. The number of carbonyl (C=O) groups is 2. The molecular weight excluding hydrogens is 346 g/mol. The summed E-state index contributed by atoms with van der Waals surface area (Å²) in [5, 5.41) is 3.02. The lowest BCUT2D eigenvalue weighted by Crippen LogP contribution is -2.47. The highest BCUT2D eigenvalue weighted by molar-refractivity contribution is 5.96. The van der Waals surface area contributed by atoms with Gasteiger partial charge in [-0.25, -0.2) is 14.8 Å². The number of hydrogen-bond acceptors (Lipinski definition) is 7. The van der Waals surface area contributed by atoms with E-state index in [1.165, 1.54) is 6.20 Å². The number of esters is 1. The maximum atomic E-state index is 12.7. The Morgan fingerprint density at radius 3 is 2.63 bits per heavy atom. The Bertz CT molecular complexity index is 818. The normalized spacial score (nSPS) is 14.7. The maximum absolute atomic E-state index is 12.7. The Morgan fingerprint density at radius 1 is 1.15 bits per heavy atom. The second kappa shape index (κ2) is 8.59. The molecule has 27 heavy (non-hydrogen) atoms. The number of nitrogens with zero attached hydrogens (tertiary/aromatic N) is 4. The average molecular weight is 369 g/mol. The number of anilines is 2. The molecule has 0 spiro atoms. The van der Waals surface area contributed by atoms with Gasteiger partial charge in [-0.1, -0.05) is 12.1 Å². The van der Waals surface area contributed by atoms with Crippen LogP contribution in [0.5, 0.6) is 0 Å². The summed E-state index contributed by atoms with van der Waals surface area (Å²) in [5.41, 5.74) is 1.24. The van der Waals surface area contributed by atoms with Crippen molar-refractivity contribution in [3.63, 3.8) is 0 Å². The van der Waals surface area contributed by atoms with Crippen LogP contribution in [0, 0.1) is 0 Å². The number of ether oxygens (including phenoxy) is 1. The average Bonchev–Trinajstić information content (AvgIpc) is 2.69. The topological polar surface area (TPSA) is 87.7 Å². The van der Waals surface area contributed by atoms with E-state index in [0.717, 1.165) is 13.1 Å². The summed E-state index contributed by atoms with van der Waals surface area (Å²) in [4.78, 5) is 37.3. The lowest BCUT2D eigenvalue weighted by molar-refractivity contribution is 0.0527. The molecule has 0 aliphatic carbocycles. The SMILES string of the molecule is CCOC(=O)c1ccccc1Nc1nccc(C(=O)N2CCN(C)CC2)n1. The van der Waals surface area contributed by atoms with Gasteiger partial charge >= 0.3 is 5.97 Å². The van der Waals surface area contributed by atoms with E-state index in [2.05, 4.69) is 20.2 Å². The minimum Gasteiger partial charge on any atom is -0.462 e. The number of aromatic nitrogens is 2. The van der Waals surface area contributed by atoms with Crippen molar-refractivity contribution in [3.8, 4) is 0 Å². The summed E-state index contributed by atoms with van der Waals surface area (Å²) < 4.78 is 5.07. The quantitative estimate of drug-likeness (QED) is 0.804. The lowest BCUT2D eigenvalue weighted by Gasteiger charge is -2.32. The molecule has 0 radical (unpaired) electrons. The zero-order chi connectivity index (χ0) is 19.2. The summed E-state index contributed by atoms with van der Waals surface area (Å²) in [6.07, 6.45) is 1.53. The van der Waals surface area contributed by atoms with Crippen molar-refractivity contribution >= 4 is 23.5 Å². The number of carbonyl (C=O) groups excluding carboxylic acids is 2. The predicted molar refractivity (Wildman–Crippen MR) is 101 cm³/mol.